The molecule has 0 radical (unpaired) electrons. The fourth-order valence-corrected chi connectivity index (χ4v) is 11.0. The van der Waals surface area contributed by atoms with Crippen molar-refractivity contribution in [1.82, 2.24) is 0 Å². The molecule has 5 fully saturated rings. The van der Waals surface area contributed by atoms with Crippen molar-refractivity contribution in [2.24, 2.45) is 56.2 Å². The summed E-state index contributed by atoms with van der Waals surface area (Å²) in [6, 6.07) is 0. The van der Waals surface area contributed by atoms with Gasteiger partial charge in [0.25, 0.3) is 0 Å². The molecule has 0 bridgehead atoms. The lowest BCUT2D eigenvalue weighted by Crippen LogP contribution is -2.70. The van der Waals surface area contributed by atoms with E-state index >= 15 is 0 Å². The largest absolute Gasteiger partial charge is 0.299 e. The highest BCUT2D eigenvalue weighted by Crippen LogP contribution is 2.77. The van der Waals surface area contributed by atoms with Crippen LogP contribution in [0.5, 0.6) is 0 Å². The van der Waals surface area contributed by atoms with Crippen LogP contribution < -0.4 is 0 Å². The van der Waals surface area contributed by atoms with E-state index in [0.717, 1.165) is 25.7 Å². The van der Waals surface area contributed by atoms with E-state index < -0.39 is 0 Å². The van der Waals surface area contributed by atoms with Crippen LogP contribution in [0.2, 0.25) is 0 Å². The van der Waals surface area contributed by atoms with Crippen LogP contribution in [0.15, 0.2) is 0 Å². The summed E-state index contributed by atoms with van der Waals surface area (Å²) in [6.45, 7) is 19.4. The summed E-state index contributed by atoms with van der Waals surface area (Å²) in [7, 11) is 0. The third kappa shape index (κ3) is 2.59. The van der Waals surface area contributed by atoms with Crippen molar-refractivity contribution in [1.29, 1.82) is 0 Å². The molecule has 0 N–H and O–H groups in total. The molecule has 0 aromatic rings. The van der Waals surface area contributed by atoms with Crippen LogP contribution in [0.1, 0.15) is 120 Å². The second kappa shape index (κ2) is 6.51. The normalized spacial score (nSPS) is 57.1. The van der Waals surface area contributed by atoms with Gasteiger partial charge in [0, 0.05) is 24.2 Å². The SMILES string of the molecule is C[C@H]1C(=O)CC[C@@H]2[C@]1(C)CC[C@H]1[C@@]2(C)CC(=O)[C@@]2(C)[C@@H]3CC(C)(C)CC[C@]3(C)CC[C@]12C. The number of carbonyl (C=O) groups excluding carboxylic acids is 2. The van der Waals surface area contributed by atoms with Crippen molar-refractivity contribution in [3.8, 4) is 0 Å². The van der Waals surface area contributed by atoms with Gasteiger partial charge < -0.3 is 0 Å². The molecule has 0 spiro atoms. The Labute approximate surface area is 197 Å². The van der Waals surface area contributed by atoms with Crippen LogP contribution in [0, 0.1) is 56.2 Å². The summed E-state index contributed by atoms with van der Waals surface area (Å²) in [5.41, 5.74) is 0.664. The van der Waals surface area contributed by atoms with Crippen molar-refractivity contribution >= 4 is 11.6 Å². The van der Waals surface area contributed by atoms with E-state index in [-0.39, 0.29) is 27.6 Å². The molecule has 0 unspecified atom stereocenters. The molecular weight excluding hydrogens is 392 g/mol. The lowest BCUT2D eigenvalue weighted by atomic mass is 9.30. The first-order valence-electron chi connectivity index (χ1n) is 13.7. The summed E-state index contributed by atoms with van der Waals surface area (Å²) in [5, 5.41) is 0. The van der Waals surface area contributed by atoms with Gasteiger partial charge >= 0.3 is 0 Å². The molecule has 5 rings (SSSR count). The Bertz CT molecular complexity index is 857. The zero-order chi connectivity index (χ0) is 23.5. The van der Waals surface area contributed by atoms with Gasteiger partial charge in [-0.05, 0) is 96.2 Å². The molecule has 0 aromatic heterocycles. The highest BCUT2D eigenvalue weighted by molar-refractivity contribution is 5.88. The average molecular weight is 441 g/mol. The first kappa shape index (κ1) is 23.1. The minimum Gasteiger partial charge on any atom is -0.299 e. The van der Waals surface area contributed by atoms with Crippen LogP contribution in [0.4, 0.5) is 0 Å². The predicted molar refractivity (Wildman–Crippen MR) is 130 cm³/mol. The summed E-state index contributed by atoms with van der Waals surface area (Å²) in [5.74, 6) is 2.79. The molecular formula is C30H48O2. The molecule has 0 amide bonds. The van der Waals surface area contributed by atoms with Crippen LogP contribution in [-0.4, -0.2) is 11.6 Å². The van der Waals surface area contributed by atoms with Gasteiger partial charge in [-0.2, -0.15) is 0 Å². The molecule has 180 valence electrons. The molecule has 5 aliphatic rings. The smallest absolute Gasteiger partial charge is 0.140 e. The molecule has 0 aromatic carbocycles. The first-order chi connectivity index (χ1) is 14.6. The summed E-state index contributed by atoms with van der Waals surface area (Å²) in [4.78, 5) is 27.2. The Morgan fingerprint density at radius 3 is 2.06 bits per heavy atom. The Kier molecular flexibility index (Phi) is 4.70. The highest BCUT2D eigenvalue weighted by Gasteiger charge is 2.73. The van der Waals surface area contributed by atoms with E-state index in [1.807, 2.05) is 0 Å². The molecule has 32 heavy (non-hydrogen) atoms. The van der Waals surface area contributed by atoms with Gasteiger partial charge in [0.15, 0.2) is 0 Å². The first-order valence-corrected chi connectivity index (χ1v) is 13.7. The number of hydrogen-bond donors (Lipinski definition) is 0. The van der Waals surface area contributed by atoms with Gasteiger partial charge in [-0.15, -0.1) is 0 Å². The van der Waals surface area contributed by atoms with E-state index in [9.17, 15) is 9.59 Å². The third-order valence-electron chi connectivity index (χ3n) is 13.5. The Morgan fingerprint density at radius 2 is 1.38 bits per heavy atom. The third-order valence-corrected chi connectivity index (χ3v) is 13.5. The summed E-state index contributed by atoms with van der Waals surface area (Å²) >= 11 is 0. The van der Waals surface area contributed by atoms with Crippen LogP contribution >= 0.6 is 0 Å². The number of carbonyl (C=O) groups is 2. The molecule has 0 aliphatic heterocycles. The van der Waals surface area contributed by atoms with Crippen molar-refractivity contribution in [3.05, 3.63) is 0 Å². The number of fused-ring (bicyclic) bond motifs is 7. The molecule has 2 nitrogen and oxygen atoms in total. The Balaban J connectivity index is 1.60. The maximum absolute atomic E-state index is 14.5. The topological polar surface area (TPSA) is 34.1 Å². The fraction of sp³-hybridized carbons (Fsp3) is 0.933. The van der Waals surface area contributed by atoms with Crippen molar-refractivity contribution < 1.29 is 9.59 Å². The van der Waals surface area contributed by atoms with Crippen molar-refractivity contribution in [2.45, 2.75) is 120 Å². The van der Waals surface area contributed by atoms with E-state index in [2.05, 4.69) is 55.4 Å². The minimum atomic E-state index is -0.203. The lowest BCUT2D eigenvalue weighted by Gasteiger charge is -2.73. The van der Waals surface area contributed by atoms with E-state index in [1.165, 1.54) is 38.5 Å². The van der Waals surface area contributed by atoms with Crippen molar-refractivity contribution in [3.63, 3.8) is 0 Å². The average Bonchev–Trinajstić information content (AvgIpc) is 2.70. The van der Waals surface area contributed by atoms with Gasteiger partial charge in [-0.25, -0.2) is 0 Å². The van der Waals surface area contributed by atoms with E-state index in [0.29, 0.717) is 40.2 Å². The summed E-state index contributed by atoms with van der Waals surface area (Å²) in [6.07, 6.45) is 11.1. The highest BCUT2D eigenvalue weighted by atomic mass is 16.1. The quantitative estimate of drug-likeness (QED) is 0.388. The van der Waals surface area contributed by atoms with E-state index in [4.69, 9.17) is 0 Å². The van der Waals surface area contributed by atoms with Crippen LogP contribution in [-0.2, 0) is 9.59 Å². The summed E-state index contributed by atoms with van der Waals surface area (Å²) < 4.78 is 0. The van der Waals surface area contributed by atoms with Gasteiger partial charge in [0.2, 0.25) is 0 Å². The maximum atomic E-state index is 14.5. The predicted octanol–water partition coefficient (Wildman–Crippen LogP) is 7.64. The van der Waals surface area contributed by atoms with Crippen molar-refractivity contribution in [2.75, 3.05) is 0 Å². The Hall–Kier alpha value is -0.660. The number of Topliss-reactive ketones (excluding diaryl/α,β-unsaturated/α-hetero) is 2. The number of rotatable bonds is 0. The van der Waals surface area contributed by atoms with Gasteiger partial charge in [-0.1, -0.05) is 55.4 Å². The molecule has 2 heteroatoms. The molecule has 5 saturated carbocycles. The van der Waals surface area contributed by atoms with Crippen LogP contribution in [0.3, 0.4) is 0 Å². The van der Waals surface area contributed by atoms with Crippen LogP contribution in [0.25, 0.3) is 0 Å². The van der Waals surface area contributed by atoms with Gasteiger partial charge in [-0.3, -0.25) is 9.59 Å². The van der Waals surface area contributed by atoms with Gasteiger partial charge in [0.1, 0.15) is 11.6 Å². The molecule has 0 heterocycles. The second-order valence-corrected chi connectivity index (χ2v) is 15.2. The standard InChI is InChI=1S/C30H48O2/c1-19-20(31)9-10-21-27(19,5)12-11-22-28(21,6)18-24(32)30(8)23-17-25(2,3)13-14-26(23,4)15-16-29(22,30)7/h19,21-23H,9-18H2,1-8H3/t19-,21+,22-,23+,26+,27+,28-,29+,30+/m0/s1. The zero-order valence-electron chi connectivity index (χ0n) is 22.2. The van der Waals surface area contributed by atoms with Gasteiger partial charge in [0.05, 0.1) is 0 Å². The second-order valence-electron chi connectivity index (χ2n) is 15.2. The van der Waals surface area contributed by atoms with E-state index in [1.54, 1.807) is 0 Å². The molecule has 9 atom stereocenters. The molecule has 5 aliphatic carbocycles. The fourth-order valence-electron chi connectivity index (χ4n) is 11.0. The lowest BCUT2D eigenvalue weighted by molar-refractivity contribution is -0.242. The number of hydrogen-bond acceptors (Lipinski definition) is 2. The minimum absolute atomic E-state index is 0.0469. The zero-order valence-corrected chi connectivity index (χ0v) is 22.2. The molecule has 0 saturated heterocycles. The monoisotopic (exact) mass is 440 g/mol. The Morgan fingerprint density at radius 1 is 0.719 bits per heavy atom. The maximum Gasteiger partial charge on any atom is 0.140 e. The number of ketones is 2.